The standard InChI is InChI=1S/C18H25ClN2O3/c1-24-13-10-17(22)20-16-8-11-21(12-9-16)18(23)7-4-14-2-5-15(19)6-3-14/h2-3,5-6,16H,4,7-13H2,1H3,(H,20,22). The van der Waals surface area contributed by atoms with Crippen LogP contribution in [0.15, 0.2) is 24.3 Å². The lowest BCUT2D eigenvalue weighted by Crippen LogP contribution is -2.46. The number of methoxy groups -OCH3 is 1. The van der Waals surface area contributed by atoms with Crippen molar-refractivity contribution < 1.29 is 14.3 Å². The molecule has 1 aromatic rings. The largest absolute Gasteiger partial charge is 0.384 e. The molecule has 1 aliphatic rings. The topological polar surface area (TPSA) is 58.6 Å². The highest BCUT2D eigenvalue weighted by Gasteiger charge is 2.23. The number of aryl methyl sites for hydroxylation is 1. The molecule has 1 heterocycles. The van der Waals surface area contributed by atoms with Crippen LogP contribution in [0.3, 0.4) is 0 Å². The van der Waals surface area contributed by atoms with E-state index in [1.165, 1.54) is 0 Å². The number of amides is 2. The molecule has 2 rings (SSSR count). The molecule has 0 radical (unpaired) electrons. The van der Waals surface area contributed by atoms with Crippen molar-refractivity contribution in [1.29, 1.82) is 0 Å². The van der Waals surface area contributed by atoms with Crippen LogP contribution in [0.4, 0.5) is 0 Å². The zero-order chi connectivity index (χ0) is 17.4. The predicted molar refractivity (Wildman–Crippen MR) is 94.0 cm³/mol. The lowest BCUT2D eigenvalue weighted by Gasteiger charge is -2.32. The third-order valence-electron chi connectivity index (χ3n) is 4.29. The Balaban J connectivity index is 1.68. The first-order valence-corrected chi connectivity index (χ1v) is 8.77. The van der Waals surface area contributed by atoms with Gasteiger partial charge in [0.2, 0.25) is 11.8 Å². The van der Waals surface area contributed by atoms with Crippen molar-refractivity contribution in [3.8, 4) is 0 Å². The molecular weight excluding hydrogens is 328 g/mol. The Bertz CT molecular complexity index is 540. The van der Waals surface area contributed by atoms with E-state index in [0.29, 0.717) is 37.6 Å². The van der Waals surface area contributed by atoms with E-state index < -0.39 is 0 Å². The Kier molecular flexibility index (Phi) is 7.53. The van der Waals surface area contributed by atoms with E-state index in [0.717, 1.165) is 24.8 Å². The molecule has 1 N–H and O–H groups in total. The lowest BCUT2D eigenvalue weighted by molar-refractivity contribution is -0.132. The molecule has 132 valence electrons. The summed E-state index contributed by atoms with van der Waals surface area (Å²) < 4.78 is 4.90. The number of benzene rings is 1. The van der Waals surface area contributed by atoms with E-state index in [4.69, 9.17) is 16.3 Å². The molecule has 0 aliphatic carbocycles. The number of rotatable bonds is 7. The van der Waals surface area contributed by atoms with Crippen LogP contribution >= 0.6 is 11.6 Å². The second kappa shape index (κ2) is 9.64. The molecule has 0 saturated carbocycles. The maximum atomic E-state index is 12.3. The second-order valence-electron chi connectivity index (χ2n) is 6.09. The first-order valence-electron chi connectivity index (χ1n) is 8.39. The quantitative estimate of drug-likeness (QED) is 0.819. The van der Waals surface area contributed by atoms with E-state index in [2.05, 4.69) is 5.32 Å². The number of carbonyl (C=O) groups excluding carboxylic acids is 2. The summed E-state index contributed by atoms with van der Waals surface area (Å²) in [7, 11) is 1.58. The maximum Gasteiger partial charge on any atom is 0.222 e. The zero-order valence-corrected chi connectivity index (χ0v) is 14.8. The normalized spacial score (nSPS) is 15.3. The molecule has 0 bridgehead atoms. The Morgan fingerprint density at radius 2 is 1.88 bits per heavy atom. The Labute approximate surface area is 148 Å². The van der Waals surface area contributed by atoms with Crippen LogP contribution in [0.25, 0.3) is 0 Å². The van der Waals surface area contributed by atoms with E-state index in [-0.39, 0.29) is 17.9 Å². The Morgan fingerprint density at radius 3 is 2.50 bits per heavy atom. The summed E-state index contributed by atoms with van der Waals surface area (Å²) in [6.45, 7) is 1.84. The summed E-state index contributed by atoms with van der Waals surface area (Å²) in [4.78, 5) is 25.9. The van der Waals surface area contributed by atoms with E-state index in [1.807, 2.05) is 29.2 Å². The van der Waals surface area contributed by atoms with Crippen LogP contribution in [0.5, 0.6) is 0 Å². The van der Waals surface area contributed by atoms with Gasteiger partial charge in [-0.05, 0) is 37.0 Å². The highest BCUT2D eigenvalue weighted by Crippen LogP contribution is 2.14. The maximum absolute atomic E-state index is 12.3. The van der Waals surface area contributed by atoms with Crippen LogP contribution in [0, 0.1) is 0 Å². The van der Waals surface area contributed by atoms with Crippen molar-refractivity contribution in [2.75, 3.05) is 26.8 Å². The summed E-state index contributed by atoms with van der Waals surface area (Å²) in [6, 6.07) is 7.77. The summed E-state index contributed by atoms with van der Waals surface area (Å²) in [5, 5.41) is 3.71. The number of nitrogens with one attached hydrogen (secondary N) is 1. The number of hydrogen-bond acceptors (Lipinski definition) is 3. The van der Waals surface area contributed by atoms with Gasteiger partial charge in [-0.3, -0.25) is 9.59 Å². The van der Waals surface area contributed by atoms with Gasteiger partial charge in [0, 0.05) is 44.1 Å². The van der Waals surface area contributed by atoms with Gasteiger partial charge < -0.3 is 15.0 Å². The predicted octanol–water partition coefficient (Wildman–Crippen LogP) is 2.42. The molecule has 6 heteroatoms. The summed E-state index contributed by atoms with van der Waals surface area (Å²) in [5.41, 5.74) is 1.12. The number of halogens is 1. The molecular formula is C18H25ClN2O3. The Hall–Kier alpha value is -1.59. The van der Waals surface area contributed by atoms with Crippen LogP contribution in [0.1, 0.15) is 31.2 Å². The minimum absolute atomic E-state index is 0.0179. The first-order chi connectivity index (χ1) is 11.6. The van der Waals surface area contributed by atoms with Gasteiger partial charge in [-0.15, -0.1) is 0 Å². The molecule has 1 saturated heterocycles. The van der Waals surface area contributed by atoms with Gasteiger partial charge in [0.1, 0.15) is 0 Å². The minimum Gasteiger partial charge on any atom is -0.384 e. The van der Waals surface area contributed by atoms with Crippen LogP contribution in [0.2, 0.25) is 5.02 Å². The fourth-order valence-electron chi connectivity index (χ4n) is 2.83. The molecule has 2 amide bonds. The van der Waals surface area contributed by atoms with Gasteiger partial charge in [0.05, 0.1) is 6.61 Å². The zero-order valence-electron chi connectivity index (χ0n) is 14.1. The summed E-state index contributed by atoms with van der Waals surface area (Å²) in [6.07, 6.45) is 3.24. The number of likely N-dealkylation sites (tertiary alicyclic amines) is 1. The minimum atomic E-state index is 0.0179. The van der Waals surface area contributed by atoms with E-state index in [9.17, 15) is 9.59 Å². The van der Waals surface area contributed by atoms with Gasteiger partial charge in [-0.2, -0.15) is 0 Å². The SMILES string of the molecule is COCCC(=O)NC1CCN(C(=O)CCc2ccc(Cl)cc2)CC1. The molecule has 1 aliphatic heterocycles. The number of hydrogen-bond donors (Lipinski definition) is 1. The van der Waals surface area contributed by atoms with Gasteiger partial charge in [0.25, 0.3) is 0 Å². The van der Waals surface area contributed by atoms with Crippen LogP contribution in [-0.4, -0.2) is 49.6 Å². The monoisotopic (exact) mass is 352 g/mol. The van der Waals surface area contributed by atoms with Crippen LogP contribution in [-0.2, 0) is 20.7 Å². The molecule has 0 atom stereocenters. The molecule has 1 aromatic carbocycles. The number of nitrogens with zero attached hydrogens (tertiary/aromatic N) is 1. The third-order valence-corrected chi connectivity index (χ3v) is 4.54. The number of ether oxygens (including phenoxy) is 1. The van der Waals surface area contributed by atoms with Crippen LogP contribution < -0.4 is 5.32 Å². The highest BCUT2D eigenvalue weighted by molar-refractivity contribution is 6.30. The summed E-state index contributed by atoms with van der Waals surface area (Å²) in [5.74, 6) is 0.193. The Morgan fingerprint density at radius 1 is 1.21 bits per heavy atom. The van der Waals surface area contributed by atoms with Gasteiger partial charge >= 0.3 is 0 Å². The lowest BCUT2D eigenvalue weighted by atomic mass is 10.0. The third kappa shape index (κ3) is 6.13. The molecule has 24 heavy (non-hydrogen) atoms. The smallest absolute Gasteiger partial charge is 0.222 e. The first kappa shape index (κ1) is 18.7. The second-order valence-corrected chi connectivity index (χ2v) is 6.53. The van der Waals surface area contributed by atoms with E-state index in [1.54, 1.807) is 7.11 Å². The molecule has 0 spiro atoms. The molecule has 5 nitrogen and oxygen atoms in total. The van der Waals surface area contributed by atoms with Crippen molar-refractivity contribution in [2.24, 2.45) is 0 Å². The van der Waals surface area contributed by atoms with Gasteiger partial charge in [-0.1, -0.05) is 23.7 Å². The van der Waals surface area contributed by atoms with Gasteiger partial charge in [-0.25, -0.2) is 0 Å². The average Bonchev–Trinajstić information content (AvgIpc) is 2.60. The fraction of sp³-hybridized carbons (Fsp3) is 0.556. The molecule has 0 unspecified atom stereocenters. The van der Waals surface area contributed by atoms with Crippen molar-refractivity contribution in [3.05, 3.63) is 34.9 Å². The van der Waals surface area contributed by atoms with E-state index >= 15 is 0 Å². The fourth-order valence-corrected chi connectivity index (χ4v) is 2.95. The molecule has 0 aromatic heterocycles. The van der Waals surface area contributed by atoms with Crippen molar-refractivity contribution >= 4 is 23.4 Å². The van der Waals surface area contributed by atoms with Crippen molar-refractivity contribution in [2.45, 2.75) is 38.1 Å². The number of carbonyl (C=O) groups is 2. The number of piperidine rings is 1. The van der Waals surface area contributed by atoms with Crippen molar-refractivity contribution in [3.63, 3.8) is 0 Å². The summed E-state index contributed by atoms with van der Waals surface area (Å²) >= 11 is 5.86. The average molecular weight is 353 g/mol. The van der Waals surface area contributed by atoms with Crippen molar-refractivity contribution in [1.82, 2.24) is 10.2 Å². The highest BCUT2D eigenvalue weighted by atomic mass is 35.5. The van der Waals surface area contributed by atoms with Gasteiger partial charge in [0.15, 0.2) is 0 Å². The molecule has 1 fully saturated rings.